The average molecular weight is 345 g/mol. The van der Waals surface area contributed by atoms with E-state index in [-0.39, 0.29) is 5.91 Å². The van der Waals surface area contributed by atoms with Crippen molar-refractivity contribution in [2.75, 3.05) is 40.3 Å². The third kappa shape index (κ3) is 3.77. The van der Waals surface area contributed by atoms with E-state index in [9.17, 15) is 4.79 Å². The molecule has 1 amide bonds. The predicted octanol–water partition coefficient (Wildman–Crippen LogP) is 2.68. The Kier molecular flexibility index (Phi) is 4.87. The normalized spacial score (nSPS) is 27.9. The van der Waals surface area contributed by atoms with Gasteiger partial charge in [0, 0.05) is 46.3 Å². The van der Waals surface area contributed by atoms with Crippen LogP contribution in [-0.4, -0.2) is 66.9 Å². The van der Waals surface area contributed by atoms with Gasteiger partial charge in [-0.05, 0) is 49.7 Å². The molecule has 1 aliphatic carbocycles. The van der Waals surface area contributed by atoms with Crippen molar-refractivity contribution < 1.29 is 9.21 Å². The van der Waals surface area contributed by atoms with Crippen molar-refractivity contribution in [2.45, 2.75) is 44.7 Å². The van der Waals surface area contributed by atoms with Crippen LogP contribution in [0.5, 0.6) is 0 Å². The van der Waals surface area contributed by atoms with Gasteiger partial charge in [0.05, 0.1) is 6.54 Å². The van der Waals surface area contributed by atoms with Crippen LogP contribution in [0.3, 0.4) is 0 Å². The second-order valence-corrected chi connectivity index (χ2v) is 8.51. The average Bonchev–Trinajstić information content (AvgIpc) is 2.83. The summed E-state index contributed by atoms with van der Waals surface area (Å²) >= 11 is 0. The first-order valence-electron chi connectivity index (χ1n) is 9.85. The van der Waals surface area contributed by atoms with Crippen molar-refractivity contribution in [3.63, 3.8) is 0 Å². The fourth-order valence-electron chi connectivity index (χ4n) is 4.65. The Balaban J connectivity index is 1.38. The zero-order chi connectivity index (χ0) is 17.4. The minimum atomic E-state index is -0.0612. The summed E-state index contributed by atoms with van der Waals surface area (Å²) in [5, 5.41) is 0. The molecule has 1 aromatic rings. The Hall–Kier alpha value is -1.33. The Bertz CT molecular complexity index is 608. The molecule has 4 aliphatic rings. The van der Waals surface area contributed by atoms with E-state index in [2.05, 4.69) is 9.80 Å². The maximum absolute atomic E-state index is 12.0. The van der Waals surface area contributed by atoms with Crippen LogP contribution in [0.15, 0.2) is 16.5 Å². The van der Waals surface area contributed by atoms with Gasteiger partial charge in [0.1, 0.15) is 5.76 Å². The molecular weight excluding hydrogens is 314 g/mol. The summed E-state index contributed by atoms with van der Waals surface area (Å²) in [6.45, 7) is 5.72. The van der Waals surface area contributed by atoms with Crippen LogP contribution in [0.2, 0.25) is 0 Å². The Morgan fingerprint density at radius 2 is 2.00 bits per heavy atom. The quantitative estimate of drug-likeness (QED) is 0.823. The van der Waals surface area contributed by atoms with Gasteiger partial charge in [0.15, 0.2) is 5.76 Å². The highest BCUT2D eigenvalue weighted by atomic mass is 16.4. The fraction of sp³-hybridized carbons (Fsp3) is 0.750. The van der Waals surface area contributed by atoms with E-state index < -0.39 is 0 Å². The van der Waals surface area contributed by atoms with Crippen molar-refractivity contribution in [1.82, 2.24) is 14.7 Å². The van der Waals surface area contributed by atoms with Crippen LogP contribution >= 0.6 is 0 Å². The fourth-order valence-corrected chi connectivity index (χ4v) is 4.65. The van der Waals surface area contributed by atoms with Crippen molar-refractivity contribution in [1.29, 1.82) is 0 Å². The number of hydrogen-bond donors (Lipinski definition) is 0. The van der Waals surface area contributed by atoms with Gasteiger partial charge in [-0.2, -0.15) is 0 Å². The topological polar surface area (TPSA) is 39.9 Å². The summed E-state index contributed by atoms with van der Waals surface area (Å²) in [5.74, 6) is 3.05. The molecule has 4 heterocycles. The third-order valence-corrected chi connectivity index (χ3v) is 6.28. The molecular formula is C20H31N3O2. The van der Waals surface area contributed by atoms with Gasteiger partial charge in [0.25, 0.3) is 5.91 Å². The van der Waals surface area contributed by atoms with Crippen LogP contribution in [-0.2, 0) is 6.54 Å². The number of piperidine rings is 1. The number of fused-ring (bicyclic) bond motifs is 4. The van der Waals surface area contributed by atoms with Gasteiger partial charge in [-0.3, -0.25) is 14.6 Å². The SMILES string of the molecule is CN(C)C(=O)c1ccc(CN2C[C@H]3CC[C@@H](C2)N(CC2CCC2)C3)o1. The molecule has 0 aromatic carbocycles. The largest absolute Gasteiger partial charge is 0.455 e. The molecule has 3 saturated heterocycles. The Morgan fingerprint density at radius 1 is 1.16 bits per heavy atom. The summed E-state index contributed by atoms with van der Waals surface area (Å²) in [5.41, 5.74) is 0. The lowest BCUT2D eigenvalue weighted by molar-refractivity contribution is 0.0791. The van der Waals surface area contributed by atoms with Crippen LogP contribution in [0.4, 0.5) is 0 Å². The monoisotopic (exact) mass is 345 g/mol. The number of carbonyl (C=O) groups excluding carboxylic acids is 1. The first-order valence-corrected chi connectivity index (χ1v) is 9.85. The maximum Gasteiger partial charge on any atom is 0.289 e. The third-order valence-electron chi connectivity index (χ3n) is 6.28. The summed E-state index contributed by atoms with van der Waals surface area (Å²) in [4.78, 5) is 18.9. The molecule has 2 atom stereocenters. The molecule has 1 aromatic heterocycles. The standard InChI is InChI=1S/C20H31N3O2/c1-21(2)20(24)19-9-8-18(25-19)14-22-10-16-6-7-17(13-22)23(12-16)11-15-4-3-5-15/h8-9,15-17H,3-7,10-14H2,1-2H3/t16-,17+/m1/s1. The van der Waals surface area contributed by atoms with E-state index in [1.807, 2.05) is 12.1 Å². The highest BCUT2D eigenvalue weighted by molar-refractivity contribution is 5.91. The molecule has 3 aliphatic heterocycles. The number of hydrogen-bond acceptors (Lipinski definition) is 4. The van der Waals surface area contributed by atoms with Crippen LogP contribution in [0.1, 0.15) is 48.4 Å². The summed E-state index contributed by atoms with van der Waals surface area (Å²) < 4.78 is 5.81. The smallest absolute Gasteiger partial charge is 0.289 e. The lowest BCUT2D eigenvalue weighted by Gasteiger charge is -2.40. The molecule has 0 spiro atoms. The minimum Gasteiger partial charge on any atom is -0.455 e. The molecule has 5 heteroatoms. The van der Waals surface area contributed by atoms with Crippen LogP contribution in [0, 0.1) is 11.8 Å². The molecule has 0 N–H and O–H groups in total. The number of rotatable bonds is 5. The van der Waals surface area contributed by atoms with E-state index in [0.717, 1.165) is 37.2 Å². The van der Waals surface area contributed by atoms with Crippen LogP contribution < -0.4 is 0 Å². The number of carbonyl (C=O) groups is 1. The van der Waals surface area contributed by atoms with Crippen molar-refractivity contribution >= 4 is 5.91 Å². The van der Waals surface area contributed by atoms with E-state index in [1.54, 1.807) is 19.0 Å². The van der Waals surface area contributed by atoms with E-state index in [4.69, 9.17) is 4.42 Å². The molecule has 1 saturated carbocycles. The highest BCUT2D eigenvalue weighted by Gasteiger charge is 2.36. The lowest BCUT2D eigenvalue weighted by Crippen LogP contribution is -2.46. The molecule has 4 fully saturated rings. The summed E-state index contributed by atoms with van der Waals surface area (Å²) in [6, 6.07) is 4.49. The molecule has 2 bridgehead atoms. The lowest BCUT2D eigenvalue weighted by atomic mass is 9.83. The van der Waals surface area contributed by atoms with Gasteiger partial charge < -0.3 is 9.32 Å². The molecule has 5 rings (SSSR count). The molecule has 0 unspecified atom stereocenters. The van der Waals surface area contributed by atoms with Crippen molar-refractivity contribution in [2.24, 2.45) is 11.8 Å². The molecule has 5 nitrogen and oxygen atoms in total. The Labute approximate surface area is 150 Å². The maximum atomic E-state index is 12.0. The zero-order valence-electron chi connectivity index (χ0n) is 15.6. The zero-order valence-corrected chi connectivity index (χ0v) is 15.6. The summed E-state index contributed by atoms with van der Waals surface area (Å²) in [6.07, 6.45) is 7.02. The second kappa shape index (κ2) is 7.12. The van der Waals surface area contributed by atoms with Gasteiger partial charge in [-0.25, -0.2) is 0 Å². The highest BCUT2D eigenvalue weighted by Crippen LogP contribution is 2.33. The summed E-state index contributed by atoms with van der Waals surface area (Å²) in [7, 11) is 3.52. The van der Waals surface area contributed by atoms with Gasteiger partial charge in [0.2, 0.25) is 0 Å². The van der Waals surface area contributed by atoms with E-state index in [0.29, 0.717) is 11.8 Å². The van der Waals surface area contributed by atoms with Crippen LogP contribution in [0.25, 0.3) is 0 Å². The number of amides is 1. The van der Waals surface area contributed by atoms with E-state index >= 15 is 0 Å². The van der Waals surface area contributed by atoms with Crippen molar-refractivity contribution in [3.05, 3.63) is 23.7 Å². The molecule has 25 heavy (non-hydrogen) atoms. The minimum absolute atomic E-state index is 0.0612. The van der Waals surface area contributed by atoms with Crippen molar-refractivity contribution in [3.8, 4) is 0 Å². The van der Waals surface area contributed by atoms with E-state index in [1.165, 1.54) is 45.2 Å². The second-order valence-electron chi connectivity index (χ2n) is 8.51. The molecule has 0 radical (unpaired) electrons. The molecule has 138 valence electrons. The van der Waals surface area contributed by atoms with Gasteiger partial charge in [-0.15, -0.1) is 0 Å². The van der Waals surface area contributed by atoms with Gasteiger partial charge in [-0.1, -0.05) is 6.42 Å². The first-order chi connectivity index (χ1) is 12.1. The number of nitrogens with zero attached hydrogens (tertiary/aromatic N) is 3. The first kappa shape index (κ1) is 17.1. The Morgan fingerprint density at radius 3 is 2.72 bits per heavy atom. The number of furan rings is 1. The predicted molar refractivity (Wildman–Crippen MR) is 97.4 cm³/mol. The van der Waals surface area contributed by atoms with Gasteiger partial charge >= 0.3 is 0 Å².